The maximum atomic E-state index is 9.10. The zero-order chi connectivity index (χ0) is 16.2. The van der Waals surface area contributed by atoms with Crippen molar-refractivity contribution in [3.05, 3.63) is 35.9 Å². The van der Waals surface area contributed by atoms with Crippen LogP contribution in [-0.2, 0) is 16.0 Å². The summed E-state index contributed by atoms with van der Waals surface area (Å²) in [4.78, 5) is 18.2. The predicted molar refractivity (Wildman–Crippen MR) is 84.9 cm³/mol. The molecule has 0 amide bonds. The van der Waals surface area contributed by atoms with Crippen molar-refractivity contribution in [2.45, 2.75) is 51.0 Å². The third-order valence-corrected chi connectivity index (χ3v) is 3.73. The zero-order valence-electron chi connectivity index (χ0n) is 12.8. The molecule has 22 heavy (non-hydrogen) atoms. The first-order valence-corrected chi connectivity index (χ1v) is 7.83. The molecule has 0 radical (unpaired) electrons. The van der Waals surface area contributed by atoms with Gasteiger partial charge in [0.1, 0.15) is 0 Å². The summed E-state index contributed by atoms with van der Waals surface area (Å²) in [7, 11) is 0. The van der Waals surface area contributed by atoms with E-state index >= 15 is 0 Å². The van der Waals surface area contributed by atoms with Crippen molar-refractivity contribution in [3.8, 4) is 0 Å². The Morgan fingerprint density at radius 1 is 0.955 bits per heavy atom. The monoisotopic (exact) mass is 307 g/mol. The van der Waals surface area contributed by atoms with Crippen LogP contribution in [0.25, 0.3) is 0 Å². The first-order valence-electron chi connectivity index (χ1n) is 7.83. The molecule has 1 fully saturated rings. The van der Waals surface area contributed by atoms with Crippen LogP contribution in [0.4, 0.5) is 0 Å². The van der Waals surface area contributed by atoms with Crippen LogP contribution in [-0.4, -0.2) is 34.7 Å². The average Bonchev–Trinajstić information content (AvgIpc) is 2.78. The summed E-state index contributed by atoms with van der Waals surface area (Å²) in [6.07, 6.45) is 9.65. The van der Waals surface area contributed by atoms with Crippen molar-refractivity contribution in [1.29, 1.82) is 0 Å². The second-order valence-electron chi connectivity index (χ2n) is 5.49. The summed E-state index contributed by atoms with van der Waals surface area (Å²) < 4.78 is 0. The highest BCUT2D eigenvalue weighted by atomic mass is 16.4. The topological polar surface area (TPSA) is 86.6 Å². The molecule has 0 saturated heterocycles. The SMILES string of the molecule is O=C(O)C(=O)O.c1ccc(CCNC2CCCCCC2)cc1. The molecule has 0 aromatic heterocycles. The van der Waals surface area contributed by atoms with Crippen LogP contribution >= 0.6 is 0 Å². The van der Waals surface area contributed by atoms with E-state index in [1.807, 2.05) is 0 Å². The van der Waals surface area contributed by atoms with E-state index in [0.29, 0.717) is 0 Å². The molecule has 0 unspecified atom stereocenters. The van der Waals surface area contributed by atoms with Crippen molar-refractivity contribution in [2.75, 3.05) is 6.54 Å². The Kier molecular flexibility index (Phi) is 8.91. The highest BCUT2D eigenvalue weighted by Crippen LogP contribution is 2.17. The Morgan fingerprint density at radius 3 is 2.00 bits per heavy atom. The van der Waals surface area contributed by atoms with Crippen molar-refractivity contribution < 1.29 is 19.8 Å². The molecular weight excluding hydrogens is 282 g/mol. The summed E-state index contributed by atoms with van der Waals surface area (Å²) in [6, 6.07) is 11.6. The number of carboxylic acid groups (broad SMARTS) is 2. The number of aliphatic carboxylic acids is 2. The van der Waals surface area contributed by atoms with Gasteiger partial charge in [-0.15, -0.1) is 0 Å². The summed E-state index contributed by atoms with van der Waals surface area (Å²) in [5.41, 5.74) is 1.45. The maximum Gasteiger partial charge on any atom is 0.414 e. The van der Waals surface area contributed by atoms with Gasteiger partial charge >= 0.3 is 11.9 Å². The molecule has 0 atom stereocenters. The molecule has 5 nitrogen and oxygen atoms in total. The molecule has 1 aliphatic carbocycles. The van der Waals surface area contributed by atoms with E-state index in [1.54, 1.807) is 0 Å². The lowest BCUT2D eigenvalue weighted by Crippen LogP contribution is -2.30. The number of nitrogens with one attached hydrogen (secondary N) is 1. The van der Waals surface area contributed by atoms with Crippen LogP contribution in [0, 0.1) is 0 Å². The third kappa shape index (κ3) is 8.42. The molecule has 3 N–H and O–H groups in total. The van der Waals surface area contributed by atoms with Gasteiger partial charge in [0.15, 0.2) is 0 Å². The molecule has 0 bridgehead atoms. The molecule has 1 aromatic rings. The van der Waals surface area contributed by atoms with Crippen molar-refractivity contribution in [2.24, 2.45) is 0 Å². The number of carbonyl (C=O) groups is 2. The third-order valence-electron chi connectivity index (χ3n) is 3.73. The fraction of sp³-hybridized carbons (Fsp3) is 0.529. The van der Waals surface area contributed by atoms with E-state index in [1.165, 1.54) is 44.1 Å². The minimum absolute atomic E-state index is 0.784. The number of rotatable bonds is 4. The van der Waals surface area contributed by atoms with Gasteiger partial charge in [-0.1, -0.05) is 56.0 Å². The van der Waals surface area contributed by atoms with Crippen molar-refractivity contribution in [3.63, 3.8) is 0 Å². The second kappa shape index (κ2) is 10.8. The van der Waals surface area contributed by atoms with E-state index in [-0.39, 0.29) is 0 Å². The molecule has 0 spiro atoms. The molecular formula is C17H25NO4. The minimum atomic E-state index is -1.82. The van der Waals surface area contributed by atoms with Gasteiger partial charge < -0.3 is 15.5 Å². The summed E-state index contributed by atoms with van der Waals surface area (Å²) in [6.45, 7) is 1.13. The van der Waals surface area contributed by atoms with Crippen LogP contribution in [0.5, 0.6) is 0 Å². The molecule has 1 aliphatic rings. The van der Waals surface area contributed by atoms with E-state index in [4.69, 9.17) is 19.8 Å². The number of hydrogen-bond donors (Lipinski definition) is 3. The Balaban J connectivity index is 0.000000346. The fourth-order valence-electron chi connectivity index (χ4n) is 2.55. The minimum Gasteiger partial charge on any atom is -0.473 e. The first-order chi connectivity index (χ1) is 10.6. The lowest BCUT2D eigenvalue weighted by atomic mass is 10.1. The van der Waals surface area contributed by atoms with Gasteiger partial charge in [0.2, 0.25) is 0 Å². The summed E-state index contributed by atoms with van der Waals surface area (Å²) in [5.74, 6) is -3.65. The van der Waals surface area contributed by atoms with Gasteiger partial charge in [-0.05, 0) is 31.4 Å². The molecule has 2 rings (SSSR count). The molecule has 0 aliphatic heterocycles. The smallest absolute Gasteiger partial charge is 0.414 e. The molecule has 0 heterocycles. The highest BCUT2D eigenvalue weighted by Gasteiger charge is 2.10. The van der Waals surface area contributed by atoms with E-state index < -0.39 is 11.9 Å². The quantitative estimate of drug-likeness (QED) is 0.588. The maximum absolute atomic E-state index is 9.10. The van der Waals surface area contributed by atoms with Gasteiger partial charge in [-0.25, -0.2) is 9.59 Å². The number of benzene rings is 1. The first kappa shape index (κ1) is 18.2. The Morgan fingerprint density at radius 2 is 1.50 bits per heavy atom. The van der Waals surface area contributed by atoms with Crippen LogP contribution < -0.4 is 5.32 Å². The van der Waals surface area contributed by atoms with Gasteiger partial charge in [0, 0.05) is 6.04 Å². The van der Waals surface area contributed by atoms with E-state index in [9.17, 15) is 0 Å². The average molecular weight is 307 g/mol. The van der Waals surface area contributed by atoms with Crippen LogP contribution in [0.15, 0.2) is 30.3 Å². The van der Waals surface area contributed by atoms with Crippen LogP contribution in [0.1, 0.15) is 44.1 Å². The highest BCUT2D eigenvalue weighted by molar-refractivity contribution is 6.27. The lowest BCUT2D eigenvalue weighted by Gasteiger charge is -2.15. The summed E-state index contributed by atoms with van der Waals surface area (Å²) >= 11 is 0. The molecule has 5 heteroatoms. The molecule has 1 saturated carbocycles. The summed E-state index contributed by atoms with van der Waals surface area (Å²) in [5, 5.41) is 18.5. The van der Waals surface area contributed by atoms with Gasteiger partial charge in [0.05, 0.1) is 0 Å². The molecule has 1 aromatic carbocycles. The number of hydrogen-bond acceptors (Lipinski definition) is 3. The standard InChI is InChI=1S/C15H23N.C2H2O4/c1-2-7-11-15(10-6-1)16-13-12-14-8-4-3-5-9-14;3-1(4)2(5)6/h3-5,8-9,15-16H,1-2,6-7,10-13H2;(H,3,4)(H,5,6). The fourth-order valence-corrected chi connectivity index (χ4v) is 2.55. The lowest BCUT2D eigenvalue weighted by molar-refractivity contribution is -0.159. The predicted octanol–water partition coefficient (Wildman–Crippen LogP) is 2.70. The normalized spacial score (nSPS) is 15.3. The van der Waals surface area contributed by atoms with Crippen LogP contribution in [0.2, 0.25) is 0 Å². The Labute approximate surface area is 131 Å². The Bertz CT molecular complexity index is 427. The van der Waals surface area contributed by atoms with Gasteiger partial charge in [-0.2, -0.15) is 0 Å². The van der Waals surface area contributed by atoms with E-state index in [0.717, 1.165) is 19.0 Å². The van der Waals surface area contributed by atoms with Crippen LogP contribution in [0.3, 0.4) is 0 Å². The zero-order valence-corrected chi connectivity index (χ0v) is 12.8. The number of carboxylic acids is 2. The molecule has 122 valence electrons. The van der Waals surface area contributed by atoms with Crippen molar-refractivity contribution >= 4 is 11.9 Å². The van der Waals surface area contributed by atoms with Gasteiger partial charge in [0.25, 0.3) is 0 Å². The van der Waals surface area contributed by atoms with E-state index in [2.05, 4.69) is 35.6 Å². The second-order valence-corrected chi connectivity index (χ2v) is 5.49. The van der Waals surface area contributed by atoms with Crippen molar-refractivity contribution in [1.82, 2.24) is 5.32 Å². The largest absolute Gasteiger partial charge is 0.473 e. The van der Waals surface area contributed by atoms with Gasteiger partial charge in [-0.3, -0.25) is 0 Å². The Hall–Kier alpha value is -1.88.